The van der Waals surface area contributed by atoms with Gasteiger partial charge in [-0.2, -0.15) is 0 Å². The Bertz CT molecular complexity index is 499. The predicted molar refractivity (Wildman–Crippen MR) is 69.3 cm³/mol. The molecule has 0 aliphatic carbocycles. The summed E-state index contributed by atoms with van der Waals surface area (Å²) < 4.78 is 0. The first-order valence-electron chi connectivity index (χ1n) is 6.25. The van der Waals surface area contributed by atoms with E-state index in [0.717, 1.165) is 5.56 Å². The van der Waals surface area contributed by atoms with Gasteiger partial charge >= 0.3 is 0 Å². The molecule has 0 saturated carbocycles. The molecule has 0 aromatic heterocycles. The van der Waals surface area contributed by atoms with Crippen molar-refractivity contribution in [1.82, 2.24) is 5.32 Å². The van der Waals surface area contributed by atoms with Gasteiger partial charge in [0.2, 0.25) is 17.5 Å². The number of hydrogen-bond donors (Lipinski definition) is 2. The minimum Gasteiger partial charge on any atom is -0.346 e. The Morgan fingerprint density at radius 3 is 2.58 bits per heavy atom. The van der Waals surface area contributed by atoms with Crippen molar-refractivity contribution < 1.29 is 14.4 Å². The van der Waals surface area contributed by atoms with Crippen LogP contribution in [0.5, 0.6) is 0 Å². The summed E-state index contributed by atoms with van der Waals surface area (Å²) in [5.41, 5.74) is 6.68. The zero-order valence-corrected chi connectivity index (χ0v) is 10.5. The Labute approximate surface area is 111 Å². The van der Waals surface area contributed by atoms with Gasteiger partial charge in [-0.15, -0.1) is 0 Å². The zero-order chi connectivity index (χ0) is 13.8. The lowest BCUT2D eigenvalue weighted by molar-refractivity contribution is -0.138. The van der Waals surface area contributed by atoms with Gasteiger partial charge in [0.25, 0.3) is 0 Å². The number of nitrogens with one attached hydrogen (secondary N) is 1. The van der Waals surface area contributed by atoms with E-state index >= 15 is 0 Å². The highest BCUT2D eigenvalue weighted by atomic mass is 16.2. The van der Waals surface area contributed by atoms with Crippen molar-refractivity contribution >= 4 is 17.5 Å². The number of Topliss-reactive ketones (excluding diaryl/α,β-unsaturated/α-hetero) is 2. The van der Waals surface area contributed by atoms with E-state index in [1.165, 1.54) is 0 Å². The molecule has 1 fully saturated rings. The van der Waals surface area contributed by atoms with Crippen LogP contribution in [0.15, 0.2) is 30.3 Å². The molecular weight excluding hydrogens is 244 g/mol. The quantitative estimate of drug-likeness (QED) is 0.728. The molecule has 1 heterocycles. The van der Waals surface area contributed by atoms with E-state index in [1.807, 2.05) is 30.3 Å². The van der Waals surface area contributed by atoms with Crippen LogP contribution >= 0.6 is 0 Å². The second-order valence-corrected chi connectivity index (χ2v) is 4.68. The number of carbonyl (C=O) groups is 3. The van der Waals surface area contributed by atoms with Crippen LogP contribution in [0.1, 0.15) is 18.4 Å². The molecule has 0 spiro atoms. The smallest absolute Gasteiger partial charge is 0.222 e. The minimum atomic E-state index is -0.854. The third-order valence-electron chi connectivity index (χ3n) is 3.19. The van der Waals surface area contributed by atoms with Crippen molar-refractivity contribution in [2.75, 3.05) is 0 Å². The Morgan fingerprint density at radius 1 is 1.32 bits per heavy atom. The minimum absolute atomic E-state index is 0.192. The summed E-state index contributed by atoms with van der Waals surface area (Å²) in [6, 6.07) is 7.74. The number of nitrogens with two attached hydrogens (primary N) is 1. The number of benzene rings is 1. The van der Waals surface area contributed by atoms with Crippen molar-refractivity contribution in [1.29, 1.82) is 0 Å². The molecule has 0 radical (unpaired) electrons. The highest BCUT2D eigenvalue weighted by molar-refractivity contribution is 6.41. The molecule has 1 aliphatic heterocycles. The lowest BCUT2D eigenvalue weighted by Crippen LogP contribution is -2.45. The topological polar surface area (TPSA) is 89.3 Å². The highest BCUT2D eigenvalue weighted by Crippen LogP contribution is 2.10. The van der Waals surface area contributed by atoms with Crippen LogP contribution in [0.2, 0.25) is 0 Å². The van der Waals surface area contributed by atoms with Crippen LogP contribution in [0.25, 0.3) is 0 Å². The van der Waals surface area contributed by atoms with Gasteiger partial charge < -0.3 is 11.1 Å². The van der Waals surface area contributed by atoms with Gasteiger partial charge in [0.05, 0.1) is 12.1 Å². The molecule has 3 N–H and O–H groups in total. The lowest BCUT2D eigenvalue weighted by atomic mass is 9.97. The van der Waals surface area contributed by atoms with E-state index in [2.05, 4.69) is 5.32 Å². The summed E-state index contributed by atoms with van der Waals surface area (Å²) in [4.78, 5) is 34.8. The molecule has 100 valence electrons. The van der Waals surface area contributed by atoms with Crippen LogP contribution in [-0.2, 0) is 20.8 Å². The molecule has 2 atom stereocenters. The fraction of sp³-hybridized carbons (Fsp3) is 0.357. The van der Waals surface area contributed by atoms with Gasteiger partial charge in [0.15, 0.2) is 0 Å². The third-order valence-corrected chi connectivity index (χ3v) is 3.19. The van der Waals surface area contributed by atoms with Crippen LogP contribution in [0, 0.1) is 0 Å². The second-order valence-electron chi connectivity index (χ2n) is 4.68. The summed E-state index contributed by atoms with van der Waals surface area (Å²) in [5.74, 6) is -1.40. The molecule has 0 bridgehead atoms. The van der Waals surface area contributed by atoms with Gasteiger partial charge in [0.1, 0.15) is 0 Å². The number of amides is 1. The van der Waals surface area contributed by atoms with Gasteiger partial charge in [-0.3, -0.25) is 14.4 Å². The summed E-state index contributed by atoms with van der Waals surface area (Å²) in [6.45, 7) is 0. The van der Waals surface area contributed by atoms with E-state index in [9.17, 15) is 14.4 Å². The van der Waals surface area contributed by atoms with Crippen molar-refractivity contribution in [3.63, 3.8) is 0 Å². The maximum absolute atomic E-state index is 11.9. The molecule has 1 saturated heterocycles. The van der Waals surface area contributed by atoms with E-state index < -0.39 is 23.7 Å². The predicted octanol–water partition coefficient (Wildman–Crippen LogP) is -0.0268. The average Bonchev–Trinajstić information content (AvgIpc) is 2.85. The Balaban J connectivity index is 1.95. The maximum atomic E-state index is 11.9. The average molecular weight is 260 g/mol. The van der Waals surface area contributed by atoms with Crippen molar-refractivity contribution in [2.24, 2.45) is 5.73 Å². The summed E-state index contributed by atoms with van der Waals surface area (Å²) in [5, 5.41) is 2.49. The summed E-state index contributed by atoms with van der Waals surface area (Å²) >= 11 is 0. The molecular formula is C14H16N2O3. The molecule has 1 amide bonds. The first kappa shape index (κ1) is 13.4. The maximum Gasteiger partial charge on any atom is 0.222 e. The second kappa shape index (κ2) is 5.75. The number of carbonyl (C=O) groups excluding carboxylic acids is 3. The van der Waals surface area contributed by atoms with Gasteiger partial charge in [-0.1, -0.05) is 30.3 Å². The van der Waals surface area contributed by atoms with E-state index in [-0.39, 0.29) is 12.3 Å². The molecule has 1 aromatic carbocycles. The number of ketones is 2. The molecule has 1 aliphatic rings. The van der Waals surface area contributed by atoms with Gasteiger partial charge in [-0.05, 0) is 18.4 Å². The van der Waals surface area contributed by atoms with Crippen LogP contribution < -0.4 is 11.1 Å². The number of hydrogen-bond acceptors (Lipinski definition) is 4. The Hall–Kier alpha value is -2.01. The summed E-state index contributed by atoms with van der Waals surface area (Å²) in [6.07, 6.45) is 0.991. The third kappa shape index (κ3) is 3.26. The van der Waals surface area contributed by atoms with Crippen LogP contribution in [-0.4, -0.2) is 29.6 Å². The van der Waals surface area contributed by atoms with E-state index in [4.69, 9.17) is 5.73 Å². The summed E-state index contributed by atoms with van der Waals surface area (Å²) in [7, 11) is 0. The van der Waals surface area contributed by atoms with Crippen LogP contribution in [0.3, 0.4) is 0 Å². The standard InChI is InChI=1S/C14H16N2O3/c15-10(8-9-4-2-1-3-5-9)13(18)14(19)11-6-7-12(17)16-11/h1-5,10-11H,6-8,15H2,(H,16,17)/t10-,11-/m0/s1. The van der Waals surface area contributed by atoms with Crippen molar-refractivity contribution in [3.05, 3.63) is 35.9 Å². The van der Waals surface area contributed by atoms with Crippen molar-refractivity contribution in [3.8, 4) is 0 Å². The Kier molecular flexibility index (Phi) is 4.06. The fourth-order valence-electron chi connectivity index (χ4n) is 2.13. The van der Waals surface area contributed by atoms with E-state index in [0.29, 0.717) is 12.8 Å². The molecule has 5 heteroatoms. The van der Waals surface area contributed by atoms with Gasteiger partial charge in [0, 0.05) is 6.42 Å². The molecule has 2 rings (SSSR count). The number of rotatable bonds is 5. The first-order chi connectivity index (χ1) is 9.08. The van der Waals surface area contributed by atoms with E-state index in [1.54, 1.807) is 0 Å². The molecule has 5 nitrogen and oxygen atoms in total. The normalized spacial score (nSPS) is 19.8. The van der Waals surface area contributed by atoms with Gasteiger partial charge in [-0.25, -0.2) is 0 Å². The Morgan fingerprint density at radius 2 is 2.00 bits per heavy atom. The SMILES string of the molecule is N[C@@H](Cc1ccccc1)C(=O)C(=O)[C@@H]1CCC(=O)N1. The van der Waals surface area contributed by atoms with Crippen molar-refractivity contribution in [2.45, 2.75) is 31.3 Å². The largest absolute Gasteiger partial charge is 0.346 e. The van der Waals surface area contributed by atoms with Crippen LogP contribution in [0.4, 0.5) is 0 Å². The lowest BCUT2D eigenvalue weighted by Gasteiger charge is -2.13. The monoisotopic (exact) mass is 260 g/mol. The first-order valence-corrected chi connectivity index (χ1v) is 6.25. The molecule has 19 heavy (non-hydrogen) atoms. The fourth-order valence-corrected chi connectivity index (χ4v) is 2.13. The molecule has 1 aromatic rings. The highest BCUT2D eigenvalue weighted by Gasteiger charge is 2.33. The zero-order valence-electron chi connectivity index (χ0n) is 10.5. The molecule has 0 unspecified atom stereocenters.